The molecule has 2 aliphatic rings. The number of nitrogens with zero attached hydrogens (tertiary/aromatic N) is 6. The Morgan fingerprint density at radius 2 is 1.97 bits per heavy atom. The third-order valence-corrected chi connectivity index (χ3v) is 6.25. The van der Waals surface area contributed by atoms with E-state index in [1.54, 1.807) is 12.5 Å². The van der Waals surface area contributed by atoms with Gasteiger partial charge in [0, 0.05) is 29.1 Å². The zero-order valence-corrected chi connectivity index (χ0v) is 18.1. The van der Waals surface area contributed by atoms with Crippen molar-refractivity contribution in [3.63, 3.8) is 0 Å². The molecule has 1 saturated heterocycles. The van der Waals surface area contributed by atoms with Crippen LogP contribution >= 0.6 is 0 Å². The maximum Gasteiger partial charge on any atom is 0.157 e. The van der Waals surface area contributed by atoms with Crippen LogP contribution in [-0.4, -0.2) is 41.4 Å². The number of fused-ring (bicyclic) bond motifs is 4. The van der Waals surface area contributed by atoms with Crippen molar-refractivity contribution in [2.75, 3.05) is 0 Å². The average molecular weight is 432 g/mol. The van der Waals surface area contributed by atoms with Crippen LogP contribution in [0, 0.1) is 13.8 Å². The highest BCUT2D eigenvalue weighted by atomic mass is 15.3. The van der Waals surface area contributed by atoms with Crippen molar-refractivity contribution in [3.8, 4) is 16.9 Å². The molecule has 0 amide bonds. The zero-order chi connectivity index (χ0) is 22.1. The Morgan fingerprint density at radius 1 is 1.03 bits per heavy atom. The quantitative estimate of drug-likeness (QED) is 0.423. The molecule has 4 aromatic heterocycles. The molecule has 2 unspecified atom stereocenters. The van der Waals surface area contributed by atoms with Gasteiger partial charge in [-0.3, -0.25) is 20.3 Å². The summed E-state index contributed by atoms with van der Waals surface area (Å²) >= 11 is 0. The lowest BCUT2D eigenvalue weighted by Gasteiger charge is -2.15. The van der Waals surface area contributed by atoms with E-state index < -0.39 is 0 Å². The predicted molar refractivity (Wildman–Crippen MR) is 125 cm³/mol. The molecule has 6 heterocycles. The van der Waals surface area contributed by atoms with Crippen molar-refractivity contribution in [1.29, 1.82) is 0 Å². The molecule has 0 bridgehead atoms. The summed E-state index contributed by atoms with van der Waals surface area (Å²) in [6.45, 7) is 4.06. The van der Waals surface area contributed by atoms with Crippen LogP contribution in [0.2, 0.25) is 0 Å². The lowest BCUT2D eigenvalue weighted by molar-refractivity contribution is 0.949. The van der Waals surface area contributed by atoms with E-state index >= 15 is 0 Å². The number of aromatic amines is 1. The number of aromatic nitrogens is 6. The summed E-state index contributed by atoms with van der Waals surface area (Å²) in [7, 11) is 0. The van der Waals surface area contributed by atoms with E-state index in [0.717, 1.165) is 56.3 Å². The SMILES string of the molecule is Cc1cccc(-c2cc3c(cn2)C2NC2N=C3c2nc3c(-n4cnc(C)c4)cncc3[nH]2)c1. The first-order chi connectivity index (χ1) is 16.1. The summed E-state index contributed by atoms with van der Waals surface area (Å²) in [6.07, 6.45) is 9.41. The molecule has 7 rings (SSSR count). The molecule has 160 valence electrons. The second-order valence-electron chi connectivity index (χ2n) is 8.66. The molecule has 0 radical (unpaired) electrons. The van der Waals surface area contributed by atoms with Crippen LogP contribution in [0.25, 0.3) is 28.0 Å². The molecule has 2 aliphatic heterocycles. The number of imidazole rings is 2. The van der Waals surface area contributed by atoms with Gasteiger partial charge in [-0.2, -0.15) is 0 Å². The van der Waals surface area contributed by atoms with Crippen LogP contribution in [0.3, 0.4) is 0 Å². The number of hydrogen-bond donors (Lipinski definition) is 2. The molecular formula is C25H20N8. The zero-order valence-electron chi connectivity index (χ0n) is 18.1. The molecule has 8 nitrogen and oxygen atoms in total. The van der Waals surface area contributed by atoms with Crippen LogP contribution in [0.1, 0.15) is 34.3 Å². The molecule has 2 N–H and O–H groups in total. The molecular weight excluding hydrogens is 412 g/mol. The van der Waals surface area contributed by atoms with Crippen LogP contribution in [0.15, 0.2) is 66.4 Å². The molecule has 0 aliphatic carbocycles. The fraction of sp³-hybridized carbons (Fsp3) is 0.160. The molecule has 1 aromatic carbocycles. The van der Waals surface area contributed by atoms with Crippen molar-refractivity contribution in [2.24, 2.45) is 4.99 Å². The first-order valence-electron chi connectivity index (χ1n) is 10.9. The average Bonchev–Trinajstić information content (AvgIpc) is 3.27. The first-order valence-corrected chi connectivity index (χ1v) is 10.9. The van der Waals surface area contributed by atoms with E-state index in [4.69, 9.17) is 15.0 Å². The Bertz CT molecular complexity index is 1590. The topological polar surface area (TPSA) is 107 Å². The van der Waals surface area contributed by atoms with Crippen molar-refractivity contribution in [2.45, 2.75) is 26.1 Å². The Labute approximate surface area is 189 Å². The van der Waals surface area contributed by atoms with Gasteiger partial charge in [0.2, 0.25) is 0 Å². The minimum Gasteiger partial charge on any atom is -0.335 e. The Kier molecular flexibility index (Phi) is 3.72. The summed E-state index contributed by atoms with van der Waals surface area (Å²) in [5.74, 6) is 0.728. The number of aliphatic imine (C=N–C) groups is 1. The highest BCUT2D eigenvalue weighted by Crippen LogP contribution is 2.39. The van der Waals surface area contributed by atoms with E-state index in [2.05, 4.69) is 57.5 Å². The van der Waals surface area contributed by atoms with E-state index in [1.807, 2.05) is 30.1 Å². The predicted octanol–water partition coefficient (Wildman–Crippen LogP) is 3.64. The van der Waals surface area contributed by atoms with Crippen LogP contribution < -0.4 is 5.32 Å². The second kappa shape index (κ2) is 6.66. The van der Waals surface area contributed by atoms with Gasteiger partial charge >= 0.3 is 0 Å². The van der Waals surface area contributed by atoms with E-state index in [1.165, 1.54) is 5.56 Å². The second-order valence-corrected chi connectivity index (χ2v) is 8.66. The van der Waals surface area contributed by atoms with Crippen molar-refractivity contribution >= 4 is 16.7 Å². The van der Waals surface area contributed by atoms with Gasteiger partial charge in [0.1, 0.15) is 17.4 Å². The van der Waals surface area contributed by atoms with Gasteiger partial charge in [-0.25, -0.2) is 9.97 Å². The highest BCUT2D eigenvalue weighted by molar-refractivity contribution is 6.14. The summed E-state index contributed by atoms with van der Waals surface area (Å²) < 4.78 is 1.95. The normalized spacial score (nSPS) is 18.7. The number of hydrogen-bond acceptors (Lipinski definition) is 6. The third-order valence-electron chi connectivity index (χ3n) is 6.25. The van der Waals surface area contributed by atoms with Crippen molar-refractivity contribution < 1.29 is 0 Å². The van der Waals surface area contributed by atoms with Crippen molar-refractivity contribution in [1.82, 2.24) is 34.8 Å². The van der Waals surface area contributed by atoms with Gasteiger partial charge in [0.25, 0.3) is 0 Å². The summed E-state index contributed by atoms with van der Waals surface area (Å²) in [6, 6.07) is 10.7. The maximum atomic E-state index is 4.97. The van der Waals surface area contributed by atoms with E-state index in [9.17, 15) is 0 Å². The third kappa shape index (κ3) is 2.91. The summed E-state index contributed by atoms with van der Waals surface area (Å²) in [4.78, 5) is 26.9. The van der Waals surface area contributed by atoms with Gasteiger partial charge in [-0.1, -0.05) is 23.8 Å². The number of pyridine rings is 2. The van der Waals surface area contributed by atoms with E-state index in [0.29, 0.717) is 0 Å². The molecule has 33 heavy (non-hydrogen) atoms. The number of H-pyrrole nitrogens is 1. The fourth-order valence-electron chi connectivity index (χ4n) is 4.55. The lowest BCUT2D eigenvalue weighted by atomic mass is 9.96. The van der Waals surface area contributed by atoms with Gasteiger partial charge < -0.3 is 9.55 Å². The molecule has 2 atom stereocenters. The van der Waals surface area contributed by atoms with Crippen LogP contribution in [0.5, 0.6) is 0 Å². The fourth-order valence-corrected chi connectivity index (χ4v) is 4.55. The monoisotopic (exact) mass is 432 g/mol. The van der Waals surface area contributed by atoms with E-state index in [-0.39, 0.29) is 12.2 Å². The van der Waals surface area contributed by atoms with Gasteiger partial charge in [-0.05, 0) is 26.0 Å². The van der Waals surface area contributed by atoms with Gasteiger partial charge in [0.05, 0.1) is 47.4 Å². The molecule has 5 aromatic rings. The summed E-state index contributed by atoms with van der Waals surface area (Å²) in [5.41, 5.74) is 9.79. The molecule has 0 spiro atoms. The van der Waals surface area contributed by atoms with Crippen molar-refractivity contribution in [3.05, 3.63) is 89.7 Å². The number of aryl methyl sites for hydroxylation is 2. The largest absolute Gasteiger partial charge is 0.335 e. The highest BCUT2D eigenvalue weighted by Gasteiger charge is 2.44. The Hall–Kier alpha value is -4.17. The molecule has 0 saturated carbocycles. The number of nitrogens with one attached hydrogen (secondary N) is 2. The lowest BCUT2D eigenvalue weighted by Crippen LogP contribution is -2.15. The van der Waals surface area contributed by atoms with Crippen LogP contribution in [0.4, 0.5) is 0 Å². The smallest absolute Gasteiger partial charge is 0.157 e. The minimum atomic E-state index is 0.0706. The number of rotatable bonds is 3. The molecule has 1 fully saturated rings. The van der Waals surface area contributed by atoms with Gasteiger partial charge in [-0.15, -0.1) is 0 Å². The first kappa shape index (κ1) is 18.4. The standard InChI is InChI=1S/C25H20N8/c1-13-4-3-5-15(6-13)18-7-16-17(8-27-18)22-25(31-22)30-21(16)24-29-19-9-26-10-20(23(19)32-24)33-11-14(2)28-12-33/h3-12,22,25,31H,1-2H3,(H,29,32). The molecule has 8 heteroatoms. The van der Waals surface area contributed by atoms with Gasteiger partial charge in [0.15, 0.2) is 5.82 Å². The number of benzene rings is 1. The maximum absolute atomic E-state index is 4.97. The Balaban J connectivity index is 1.38. The Morgan fingerprint density at radius 3 is 2.82 bits per heavy atom. The minimum absolute atomic E-state index is 0.0706. The summed E-state index contributed by atoms with van der Waals surface area (Å²) in [5, 5.41) is 3.43. The van der Waals surface area contributed by atoms with Crippen LogP contribution in [-0.2, 0) is 0 Å².